The van der Waals surface area contributed by atoms with Gasteiger partial charge in [-0.15, -0.1) is 0 Å². The summed E-state index contributed by atoms with van der Waals surface area (Å²) in [6.45, 7) is 0.927. The summed E-state index contributed by atoms with van der Waals surface area (Å²) in [5.74, 6) is -1.00. The summed E-state index contributed by atoms with van der Waals surface area (Å²) in [4.78, 5) is 39.3. The first-order valence-electron chi connectivity index (χ1n) is 11.0. The highest BCUT2D eigenvalue weighted by atomic mass is 16.6. The topological polar surface area (TPSA) is 231 Å². The second-order valence-corrected chi connectivity index (χ2v) is 7.04. The first-order valence-corrected chi connectivity index (χ1v) is 11.0. The maximum Gasteiger partial charge on any atom is 0.329 e. The molecule has 8 N–H and O–H groups in total. The molecule has 2 aromatic carbocycles. The fraction of sp³-hybridized carbons (Fsp3) is 0.375. The predicted molar refractivity (Wildman–Crippen MR) is 137 cm³/mol. The zero-order valence-corrected chi connectivity index (χ0v) is 20.9. The number of hydrogen-bond donors (Lipinski definition) is 5. The number of carbonyl (C=O) groups excluding carboxylic acids is 1. The number of nitro benzene ring substituents is 1. The summed E-state index contributed by atoms with van der Waals surface area (Å²) in [5.41, 5.74) is 17.3. The molecule has 206 valence electrons. The molecule has 0 amide bonds. The van der Waals surface area contributed by atoms with Gasteiger partial charge in [0, 0.05) is 36.9 Å². The summed E-state index contributed by atoms with van der Waals surface area (Å²) >= 11 is 0. The molecule has 2 aromatic rings. The van der Waals surface area contributed by atoms with E-state index >= 15 is 0 Å². The minimum absolute atomic E-state index is 0.00407. The van der Waals surface area contributed by atoms with E-state index in [2.05, 4.69) is 4.74 Å². The predicted octanol–water partition coefficient (Wildman–Crippen LogP) is 1.81. The van der Waals surface area contributed by atoms with Crippen LogP contribution < -0.4 is 21.9 Å². The Hall–Kier alpha value is -3.91. The van der Waals surface area contributed by atoms with Crippen molar-refractivity contribution in [1.29, 1.82) is 0 Å². The number of para-hydroxylation sites is 1. The van der Waals surface area contributed by atoms with Crippen LogP contribution in [0.5, 0.6) is 5.75 Å². The van der Waals surface area contributed by atoms with Crippen molar-refractivity contribution in [1.82, 2.24) is 0 Å². The molecular formula is C24H36N4O9. The molecule has 1 unspecified atom stereocenters. The molecule has 0 heterocycles. The van der Waals surface area contributed by atoms with Gasteiger partial charge in [0.05, 0.1) is 12.0 Å². The number of aliphatic carboxylic acids is 2. The quantitative estimate of drug-likeness (QED) is 0.122. The van der Waals surface area contributed by atoms with E-state index in [1.54, 1.807) is 7.11 Å². The Morgan fingerprint density at radius 3 is 2.00 bits per heavy atom. The maximum atomic E-state index is 10.1. The fourth-order valence-electron chi connectivity index (χ4n) is 2.30. The fourth-order valence-corrected chi connectivity index (χ4v) is 2.30. The first-order chi connectivity index (χ1) is 17.6. The van der Waals surface area contributed by atoms with E-state index in [0.29, 0.717) is 31.4 Å². The molecular weight excluding hydrogens is 488 g/mol. The molecule has 0 aromatic heterocycles. The van der Waals surface area contributed by atoms with Gasteiger partial charge in [-0.1, -0.05) is 24.6 Å². The molecule has 0 fully saturated rings. The number of ether oxygens (including phenoxy) is 2. The van der Waals surface area contributed by atoms with Gasteiger partial charge in [-0.3, -0.25) is 19.7 Å². The molecule has 0 aliphatic heterocycles. The third kappa shape index (κ3) is 19.0. The second kappa shape index (κ2) is 22.5. The Morgan fingerprint density at radius 2 is 1.65 bits per heavy atom. The van der Waals surface area contributed by atoms with Crippen LogP contribution >= 0.6 is 0 Å². The van der Waals surface area contributed by atoms with Crippen LogP contribution in [0.3, 0.4) is 0 Å². The van der Waals surface area contributed by atoms with Gasteiger partial charge in [0.15, 0.2) is 0 Å². The van der Waals surface area contributed by atoms with Gasteiger partial charge in [0.25, 0.3) is 5.69 Å². The van der Waals surface area contributed by atoms with E-state index in [-0.39, 0.29) is 12.3 Å². The largest absolute Gasteiger partial charge is 0.496 e. The summed E-state index contributed by atoms with van der Waals surface area (Å²) in [6.07, 6.45) is 2.81. The Kier molecular flexibility index (Phi) is 21.5. The Morgan fingerprint density at radius 1 is 1.05 bits per heavy atom. The van der Waals surface area contributed by atoms with Crippen LogP contribution in [0, 0.1) is 10.1 Å². The lowest BCUT2D eigenvalue weighted by molar-refractivity contribution is -0.384. The van der Waals surface area contributed by atoms with Crippen molar-refractivity contribution in [3.8, 4) is 5.75 Å². The van der Waals surface area contributed by atoms with E-state index in [1.807, 2.05) is 24.3 Å². The zero-order valence-electron chi connectivity index (χ0n) is 20.9. The summed E-state index contributed by atoms with van der Waals surface area (Å²) < 4.78 is 9.26. The minimum Gasteiger partial charge on any atom is -0.496 e. The van der Waals surface area contributed by atoms with Crippen molar-refractivity contribution in [2.24, 2.45) is 17.2 Å². The third-order valence-corrected chi connectivity index (χ3v) is 4.21. The standard InChI is InChI=1S/C8H11NO.C7H5NO3.C6H14N2O2.C3H6O3/c1-10-8-5-3-2-4-7(8)6-9;9-5-6-1-3-7(4-2-6)8(10)11;7-4-2-1-3-5(8)6(9)10;1-6-2-3(4)5/h2-5H,6,9H2,1H3;1-5H;5H,1-4,7-8H2,(H,9,10);2H2,1H3,(H,4,5). The molecule has 37 heavy (non-hydrogen) atoms. The van der Waals surface area contributed by atoms with Gasteiger partial charge >= 0.3 is 11.9 Å². The number of carboxylic acid groups (broad SMARTS) is 2. The first kappa shape index (κ1) is 35.3. The lowest BCUT2D eigenvalue weighted by atomic mass is 10.1. The maximum absolute atomic E-state index is 10.1. The van der Waals surface area contributed by atoms with Crippen LogP contribution in [0.1, 0.15) is 35.2 Å². The van der Waals surface area contributed by atoms with Crippen molar-refractivity contribution in [3.05, 3.63) is 69.8 Å². The van der Waals surface area contributed by atoms with Crippen molar-refractivity contribution < 1.29 is 39.0 Å². The van der Waals surface area contributed by atoms with Crippen molar-refractivity contribution in [3.63, 3.8) is 0 Å². The summed E-state index contributed by atoms with van der Waals surface area (Å²) in [5, 5.41) is 26.2. The highest BCUT2D eigenvalue weighted by molar-refractivity contribution is 5.75. The molecule has 0 radical (unpaired) electrons. The summed E-state index contributed by atoms with van der Waals surface area (Å²) in [6, 6.07) is 12.4. The average Bonchev–Trinajstić information content (AvgIpc) is 2.89. The van der Waals surface area contributed by atoms with Gasteiger partial charge in [-0.2, -0.15) is 0 Å². The minimum atomic E-state index is -0.933. The number of carboxylic acids is 2. The normalized spacial score (nSPS) is 10.1. The van der Waals surface area contributed by atoms with E-state index in [1.165, 1.54) is 31.4 Å². The molecule has 0 aliphatic rings. The van der Waals surface area contributed by atoms with Crippen molar-refractivity contribution in [2.45, 2.75) is 31.8 Å². The van der Waals surface area contributed by atoms with E-state index < -0.39 is 22.9 Å². The number of aldehydes is 1. The Bertz CT molecular complexity index is 902. The SMILES string of the molecule is COCC(=O)O.COc1ccccc1CN.NCCCCC(N)C(=O)O.O=Cc1ccc([N+](=O)[O-])cc1. The number of nitrogens with two attached hydrogens (primary N) is 3. The molecule has 0 aliphatic carbocycles. The van der Waals surface area contributed by atoms with Gasteiger partial charge in [-0.25, -0.2) is 4.79 Å². The number of rotatable bonds is 11. The number of hydrogen-bond acceptors (Lipinski definition) is 10. The molecule has 2 rings (SSSR count). The van der Waals surface area contributed by atoms with Crippen molar-refractivity contribution >= 4 is 23.9 Å². The van der Waals surface area contributed by atoms with E-state index in [9.17, 15) is 24.5 Å². The van der Waals surface area contributed by atoms with Crippen LogP contribution in [-0.4, -0.2) is 66.8 Å². The third-order valence-electron chi connectivity index (χ3n) is 4.21. The number of non-ortho nitro benzene ring substituents is 1. The molecule has 13 heteroatoms. The molecule has 13 nitrogen and oxygen atoms in total. The van der Waals surface area contributed by atoms with E-state index in [4.69, 9.17) is 32.2 Å². The van der Waals surface area contributed by atoms with Crippen LogP contribution in [0.4, 0.5) is 5.69 Å². The lowest BCUT2D eigenvalue weighted by Crippen LogP contribution is -2.29. The van der Waals surface area contributed by atoms with Crippen LogP contribution in [-0.2, 0) is 20.9 Å². The molecule has 0 bridgehead atoms. The Labute approximate surface area is 215 Å². The van der Waals surface area contributed by atoms with Gasteiger partial charge in [0.2, 0.25) is 0 Å². The molecule has 0 spiro atoms. The van der Waals surface area contributed by atoms with Crippen LogP contribution in [0.15, 0.2) is 48.5 Å². The van der Waals surface area contributed by atoms with Gasteiger partial charge in [-0.05, 0) is 37.6 Å². The zero-order chi connectivity index (χ0) is 28.6. The number of carbonyl (C=O) groups is 3. The number of unbranched alkanes of at least 4 members (excludes halogenated alkanes) is 1. The molecule has 0 saturated carbocycles. The monoisotopic (exact) mass is 524 g/mol. The highest BCUT2D eigenvalue weighted by Crippen LogP contribution is 2.15. The number of nitro groups is 1. The molecule has 1 atom stereocenters. The molecule has 0 saturated heterocycles. The number of methoxy groups -OCH3 is 2. The van der Waals surface area contributed by atoms with Crippen LogP contribution in [0.25, 0.3) is 0 Å². The number of benzene rings is 2. The van der Waals surface area contributed by atoms with Crippen molar-refractivity contribution in [2.75, 3.05) is 27.4 Å². The highest BCUT2D eigenvalue weighted by Gasteiger charge is 2.09. The Balaban J connectivity index is 0. The van der Waals surface area contributed by atoms with E-state index in [0.717, 1.165) is 24.2 Å². The number of nitrogens with zero attached hydrogens (tertiary/aromatic N) is 1. The van der Waals surface area contributed by atoms with Gasteiger partial charge < -0.3 is 36.9 Å². The smallest absolute Gasteiger partial charge is 0.329 e. The van der Waals surface area contributed by atoms with Crippen LogP contribution in [0.2, 0.25) is 0 Å². The van der Waals surface area contributed by atoms with Gasteiger partial charge in [0.1, 0.15) is 24.7 Å². The lowest BCUT2D eigenvalue weighted by Gasteiger charge is -2.03. The summed E-state index contributed by atoms with van der Waals surface area (Å²) in [7, 11) is 2.99. The average molecular weight is 525 g/mol. The second-order valence-electron chi connectivity index (χ2n) is 7.04.